The van der Waals surface area contributed by atoms with Gasteiger partial charge in [0.15, 0.2) is 0 Å². The molecule has 15 heavy (non-hydrogen) atoms. The van der Waals surface area contributed by atoms with Gasteiger partial charge in [-0.05, 0) is 0 Å². The summed E-state index contributed by atoms with van der Waals surface area (Å²) in [5, 5.41) is 10.8. The molecule has 0 aromatic heterocycles. The maximum absolute atomic E-state index is 8.35. The van der Waals surface area contributed by atoms with E-state index in [4.69, 9.17) is 20.4 Å². The first-order valence-electron chi connectivity index (χ1n) is 5.03. The number of nitrogens with one attached hydrogen (secondary N) is 2. The average Bonchev–Trinajstić information content (AvgIpc) is 2.20. The number of hydrogen-bond donors (Lipinski definition) is 2. The molecule has 86 valence electrons. The van der Waals surface area contributed by atoms with E-state index in [0.29, 0.717) is 0 Å². The smallest absolute Gasteiger partial charge is 0.222 e. The van der Waals surface area contributed by atoms with Crippen LogP contribution in [-0.2, 0) is 9.59 Å². The Morgan fingerprint density at radius 2 is 1.20 bits per heavy atom. The molecule has 0 aliphatic carbocycles. The van der Waals surface area contributed by atoms with Gasteiger partial charge in [-0.2, -0.15) is 0 Å². The van der Waals surface area contributed by atoms with Crippen LogP contribution in [0.2, 0.25) is 8.87 Å². The Kier molecular flexibility index (Phi) is 39.0. The van der Waals surface area contributed by atoms with Crippen molar-refractivity contribution in [3.05, 3.63) is 0 Å². The third-order valence-electron chi connectivity index (χ3n) is 1.41. The average molecular weight is 319 g/mol. The van der Waals surface area contributed by atoms with Gasteiger partial charge in [-0.3, -0.25) is 0 Å². The fraction of sp³-hybridized carbons (Fsp3) is 0.800. The molecule has 0 fully saturated rings. The second-order valence-corrected chi connectivity index (χ2v) is 6.94. The van der Waals surface area contributed by atoms with Crippen molar-refractivity contribution in [3.63, 3.8) is 0 Å². The van der Waals surface area contributed by atoms with Gasteiger partial charge in [-0.25, -0.2) is 20.4 Å². The van der Waals surface area contributed by atoms with Crippen LogP contribution in [0.15, 0.2) is 0 Å². The van der Waals surface area contributed by atoms with Crippen LogP contribution >= 0.6 is 0 Å². The second kappa shape index (κ2) is 29.2. The largest absolute Gasteiger partial charge is 0.231 e. The fourth-order valence-electron chi connectivity index (χ4n) is 0.729. The van der Waals surface area contributed by atoms with E-state index in [2.05, 4.69) is 13.8 Å². The molecule has 2 radical (unpaired) electrons. The van der Waals surface area contributed by atoms with Crippen molar-refractivity contribution >= 4 is 33.3 Å². The number of rotatable bonds is 6. The van der Waals surface area contributed by atoms with E-state index in [1.807, 2.05) is 0 Å². The molecular formula is C10H20N2O2Sn. The molecule has 0 saturated heterocycles. The van der Waals surface area contributed by atoms with Crippen molar-refractivity contribution < 1.29 is 9.59 Å². The Hall–Kier alpha value is -0.441. The van der Waals surface area contributed by atoms with E-state index >= 15 is 0 Å². The summed E-state index contributed by atoms with van der Waals surface area (Å²) >= 11 is 0.149. The van der Waals surface area contributed by atoms with Crippen LogP contribution in [0.25, 0.3) is 0 Å². The number of hydrogen-bond acceptors (Lipinski definition) is 4. The molecule has 0 bridgehead atoms. The van der Waals surface area contributed by atoms with E-state index in [-0.39, 0.29) is 21.1 Å². The van der Waals surface area contributed by atoms with Crippen LogP contribution in [0.3, 0.4) is 0 Å². The first kappa shape index (κ1) is 20.0. The number of carbonyl (C=O) groups excluding carboxylic acids is 2. The monoisotopic (exact) mass is 320 g/mol. The fourth-order valence-corrected chi connectivity index (χ4v) is 4.89. The summed E-state index contributed by atoms with van der Waals surface area (Å²) in [4.78, 5) is 16.7. The standard InChI is InChI=1S/2C4H9.2CHNO.Sn/c2*1-3-4-2;2*2-1-3;/h2*1,3-4H2,2H3;2*2H;. The summed E-state index contributed by atoms with van der Waals surface area (Å²) in [5.74, 6) is 0. The molecule has 4 nitrogen and oxygen atoms in total. The van der Waals surface area contributed by atoms with Crippen molar-refractivity contribution in [2.45, 2.75) is 48.4 Å². The van der Waals surface area contributed by atoms with Crippen molar-refractivity contribution in [2.75, 3.05) is 0 Å². The van der Waals surface area contributed by atoms with E-state index in [1.165, 1.54) is 25.7 Å². The number of unbranched alkanes of at least 4 members (excludes halogenated alkanes) is 2. The summed E-state index contributed by atoms with van der Waals surface area (Å²) in [6.07, 6.45) is 7.34. The molecule has 0 spiro atoms. The zero-order valence-corrected chi connectivity index (χ0v) is 12.4. The first-order valence-corrected chi connectivity index (χ1v) is 9.07. The quantitative estimate of drug-likeness (QED) is 0.341. The van der Waals surface area contributed by atoms with Gasteiger partial charge in [0.1, 0.15) is 0 Å². The molecular weight excluding hydrogens is 299 g/mol. The van der Waals surface area contributed by atoms with Crippen LogP contribution in [0, 0.1) is 10.8 Å². The topological polar surface area (TPSA) is 81.8 Å². The molecule has 0 rings (SSSR count). The van der Waals surface area contributed by atoms with Crippen LogP contribution in [0.4, 0.5) is 0 Å². The molecule has 0 aromatic rings. The minimum absolute atomic E-state index is 0.149. The summed E-state index contributed by atoms with van der Waals surface area (Å²) in [6, 6.07) is 0. The van der Waals surface area contributed by atoms with Crippen LogP contribution < -0.4 is 0 Å². The van der Waals surface area contributed by atoms with Gasteiger partial charge < -0.3 is 0 Å². The Bertz CT molecular complexity index is 145. The van der Waals surface area contributed by atoms with Crippen LogP contribution in [0.1, 0.15) is 39.5 Å². The third-order valence-corrected chi connectivity index (χ3v) is 5.45. The van der Waals surface area contributed by atoms with Crippen LogP contribution in [0.5, 0.6) is 0 Å². The third kappa shape index (κ3) is 58.6. The van der Waals surface area contributed by atoms with E-state index < -0.39 is 0 Å². The Labute approximate surface area is 102 Å². The van der Waals surface area contributed by atoms with E-state index in [0.717, 1.165) is 12.2 Å². The summed E-state index contributed by atoms with van der Waals surface area (Å²) in [5.41, 5.74) is 0. The van der Waals surface area contributed by atoms with Gasteiger partial charge in [0.05, 0.1) is 0 Å². The van der Waals surface area contributed by atoms with Gasteiger partial charge >= 0.3 is 69.5 Å². The molecule has 2 N–H and O–H groups in total. The van der Waals surface area contributed by atoms with Crippen molar-refractivity contribution in [3.8, 4) is 0 Å². The van der Waals surface area contributed by atoms with E-state index in [9.17, 15) is 0 Å². The van der Waals surface area contributed by atoms with Gasteiger partial charge in [0, 0.05) is 0 Å². The van der Waals surface area contributed by atoms with Crippen molar-refractivity contribution in [1.29, 1.82) is 10.8 Å². The van der Waals surface area contributed by atoms with Gasteiger partial charge in [-0.15, -0.1) is 0 Å². The van der Waals surface area contributed by atoms with Crippen LogP contribution in [-0.4, -0.2) is 33.3 Å². The van der Waals surface area contributed by atoms with Gasteiger partial charge in [0.25, 0.3) is 0 Å². The normalized spacial score (nSPS) is 7.07. The predicted molar refractivity (Wildman–Crippen MR) is 62.0 cm³/mol. The van der Waals surface area contributed by atoms with Gasteiger partial charge in [0.2, 0.25) is 12.2 Å². The molecule has 0 atom stereocenters. The zero-order valence-electron chi connectivity index (χ0n) is 9.56. The molecule has 0 unspecified atom stereocenters. The Morgan fingerprint density at radius 1 is 0.933 bits per heavy atom. The molecule has 0 aromatic carbocycles. The summed E-state index contributed by atoms with van der Waals surface area (Å²) in [7, 11) is 0. The molecule has 0 heterocycles. The predicted octanol–water partition coefficient (Wildman–Crippen LogP) is 2.93. The first-order chi connectivity index (χ1) is 7.24. The number of isocyanates is 2. The molecule has 0 aliphatic rings. The summed E-state index contributed by atoms with van der Waals surface area (Å²) < 4.78 is 3.25. The summed E-state index contributed by atoms with van der Waals surface area (Å²) in [6.45, 7) is 4.58. The maximum atomic E-state index is 8.35. The maximum Gasteiger partial charge on any atom is 0.231 e. The molecule has 0 saturated carbocycles. The Morgan fingerprint density at radius 3 is 1.40 bits per heavy atom. The molecule has 0 amide bonds. The van der Waals surface area contributed by atoms with E-state index in [1.54, 1.807) is 8.87 Å². The van der Waals surface area contributed by atoms with Crippen molar-refractivity contribution in [2.24, 2.45) is 0 Å². The zero-order chi connectivity index (χ0) is 12.4. The minimum atomic E-state index is 0.149. The molecule has 0 aliphatic heterocycles. The van der Waals surface area contributed by atoms with Gasteiger partial charge in [-0.1, -0.05) is 0 Å². The second-order valence-electron chi connectivity index (χ2n) is 2.66. The van der Waals surface area contributed by atoms with Crippen molar-refractivity contribution in [1.82, 2.24) is 0 Å². The molecule has 5 heteroatoms. The SMILES string of the molecule is CCC[CH2][Sn][CH2]CCC.N=C=O.N=C=O. The minimum Gasteiger partial charge on any atom is -0.222 e. The Balaban J connectivity index is -0.000000200.